The molecule has 1 aromatic carbocycles. The number of aliphatic hydroxyl groups excluding tert-OH is 2. The zero-order valence-corrected chi connectivity index (χ0v) is 10.6. The fourth-order valence-corrected chi connectivity index (χ4v) is 1.74. The molecule has 0 aliphatic carbocycles. The third-order valence-electron chi connectivity index (χ3n) is 2.31. The Bertz CT molecular complexity index is 434. The van der Waals surface area contributed by atoms with Crippen molar-refractivity contribution in [2.45, 2.75) is 18.4 Å². The van der Waals surface area contributed by atoms with Gasteiger partial charge in [0.15, 0.2) is 0 Å². The summed E-state index contributed by atoms with van der Waals surface area (Å²) in [6.45, 7) is 0. The van der Waals surface area contributed by atoms with Gasteiger partial charge in [-0.25, -0.2) is 0 Å². The van der Waals surface area contributed by atoms with E-state index >= 15 is 0 Å². The zero-order valence-electron chi connectivity index (χ0n) is 8.99. The Balaban J connectivity index is 3.24. The second-order valence-electron chi connectivity index (χ2n) is 3.67. The number of halogens is 4. The number of carbonyl (C=O) groups excluding carboxylic acids is 1. The van der Waals surface area contributed by atoms with Crippen LogP contribution in [0.1, 0.15) is 27.6 Å². The number of hydrogen-bond acceptors (Lipinski definition) is 3. The van der Waals surface area contributed by atoms with Gasteiger partial charge in [0.05, 0.1) is 11.7 Å². The summed E-state index contributed by atoms with van der Waals surface area (Å²) in [6.07, 6.45) is -7.11. The van der Waals surface area contributed by atoms with Crippen LogP contribution in [-0.2, 0) is 6.18 Å². The third kappa shape index (κ3) is 3.54. The van der Waals surface area contributed by atoms with Crippen LogP contribution < -0.4 is 0 Å². The Kier molecular flexibility index (Phi) is 4.89. The van der Waals surface area contributed by atoms with Crippen LogP contribution >= 0.6 is 15.9 Å². The molecule has 1 rings (SSSR count). The predicted molar refractivity (Wildman–Crippen MR) is 61.6 cm³/mol. The van der Waals surface area contributed by atoms with E-state index in [2.05, 4.69) is 15.9 Å². The van der Waals surface area contributed by atoms with Crippen LogP contribution in [0.2, 0.25) is 0 Å². The summed E-state index contributed by atoms with van der Waals surface area (Å²) in [5.41, 5.74) is -1.40. The van der Waals surface area contributed by atoms with Gasteiger partial charge in [0, 0.05) is 10.9 Å². The number of hydrogen-bond donors (Lipinski definition) is 2. The van der Waals surface area contributed by atoms with Crippen LogP contribution in [0.5, 0.6) is 0 Å². The summed E-state index contributed by atoms with van der Waals surface area (Å²) in [5.74, 6) is 0. The molecule has 100 valence electrons. The Morgan fingerprint density at radius 3 is 2.33 bits per heavy atom. The number of carbonyl (C=O) groups is 1. The average molecular weight is 327 g/mol. The fraction of sp³-hybridized carbons (Fsp3) is 0.364. The SMILES string of the molecule is O=Cc1cc(C(O)C(O)CBr)cc(C(F)(F)F)c1. The molecule has 2 atom stereocenters. The number of rotatable bonds is 4. The van der Waals surface area contributed by atoms with Gasteiger partial charge in [0.1, 0.15) is 12.4 Å². The molecular formula is C11H10BrF3O3. The van der Waals surface area contributed by atoms with Crippen LogP contribution in [-0.4, -0.2) is 27.9 Å². The molecule has 18 heavy (non-hydrogen) atoms. The van der Waals surface area contributed by atoms with Gasteiger partial charge < -0.3 is 10.2 Å². The van der Waals surface area contributed by atoms with E-state index in [9.17, 15) is 28.2 Å². The summed E-state index contributed by atoms with van der Waals surface area (Å²) >= 11 is 2.90. The molecule has 0 aliphatic heterocycles. The lowest BCUT2D eigenvalue weighted by molar-refractivity contribution is -0.137. The molecule has 0 amide bonds. The maximum atomic E-state index is 12.6. The van der Waals surface area contributed by atoms with Gasteiger partial charge in [0.25, 0.3) is 0 Å². The van der Waals surface area contributed by atoms with Crippen LogP contribution in [0.25, 0.3) is 0 Å². The molecule has 1 aromatic rings. The number of aliphatic hydroxyl groups is 2. The Morgan fingerprint density at radius 2 is 1.89 bits per heavy atom. The van der Waals surface area contributed by atoms with Crippen molar-refractivity contribution >= 4 is 22.2 Å². The van der Waals surface area contributed by atoms with Gasteiger partial charge in [-0.05, 0) is 23.8 Å². The molecule has 0 fully saturated rings. The van der Waals surface area contributed by atoms with Gasteiger partial charge in [-0.1, -0.05) is 15.9 Å². The van der Waals surface area contributed by atoms with Crippen LogP contribution in [0.15, 0.2) is 18.2 Å². The Labute approximate surface area is 109 Å². The van der Waals surface area contributed by atoms with Crippen LogP contribution in [0, 0.1) is 0 Å². The number of benzene rings is 1. The molecule has 7 heteroatoms. The lowest BCUT2D eigenvalue weighted by atomic mass is 9.99. The molecule has 0 aliphatic rings. The van der Waals surface area contributed by atoms with E-state index in [1.54, 1.807) is 0 Å². The van der Waals surface area contributed by atoms with Gasteiger partial charge in [-0.3, -0.25) is 4.79 Å². The van der Waals surface area contributed by atoms with E-state index in [4.69, 9.17) is 0 Å². The molecule has 2 N–H and O–H groups in total. The van der Waals surface area contributed by atoms with Crippen molar-refractivity contribution in [3.8, 4) is 0 Å². The highest BCUT2D eigenvalue weighted by Gasteiger charge is 2.32. The van der Waals surface area contributed by atoms with E-state index in [0.717, 1.165) is 6.07 Å². The van der Waals surface area contributed by atoms with Crippen molar-refractivity contribution in [3.05, 3.63) is 34.9 Å². The predicted octanol–water partition coefficient (Wildman–Crippen LogP) is 2.31. The van der Waals surface area contributed by atoms with Crippen molar-refractivity contribution < 1.29 is 28.2 Å². The molecule has 3 nitrogen and oxygen atoms in total. The fourth-order valence-electron chi connectivity index (χ4n) is 1.39. The van der Waals surface area contributed by atoms with E-state index in [-0.39, 0.29) is 22.7 Å². The van der Waals surface area contributed by atoms with Gasteiger partial charge in [-0.2, -0.15) is 13.2 Å². The Hall–Kier alpha value is -0.920. The lowest BCUT2D eigenvalue weighted by Crippen LogP contribution is -2.20. The van der Waals surface area contributed by atoms with E-state index in [0.29, 0.717) is 12.1 Å². The van der Waals surface area contributed by atoms with Crippen molar-refractivity contribution in [2.24, 2.45) is 0 Å². The molecule has 0 bridgehead atoms. The largest absolute Gasteiger partial charge is 0.416 e. The molecule has 0 spiro atoms. The number of alkyl halides is 4. The molecule has 0 saturated carbocycles. The van der Waals surface area contributed by atoms with Gasteiger partial charge in [-0.15, -0.1) is 0 Å². The van der Waals surface area contributed by atoms with Crippen LogP contribution in [0.3, 0.4) is 0 Å². The molecule has 0 heterocycles. The first-order valence-electron chi connectivity index (χ1n) is 4.89. The monoisotopic (exact) mass is 326 g/mol. The first-order valence-corrected chi connectivity index (χ1v) is 6.01. The highest BCUT2D eigenvalue weighted by Crippen LogP contribution is 2.32. The minimum absolute atomic E-state index is 0.000828. The third-order valence-corrected chi connectivity index (χ3v) is 2.97. The van der Waals surface area contributed by atoms with Gasteiger partial charge in [0.2, 0.25) is 0 Å². The number of aldehydes is 1. The minimum Gasteiger partial charge on any atom is -0.389 e. The highest BCUT2D eigenvalue weighted by molar-refractivity contribution is 9.09. The second-order valence-corrected chi connectivity index (χ2v) is 4.32. The zero-order chi connectivity index (χ0) is 13.9. The molecule has 2 unspecified atom stereocenters. The van der Waals surface area contributed by atoms with E-state index < -0.39 is 23.9 Å². The standard InChI is InChI=1S/C11H10BrF3O3/c12-4-9(17)10(18)7-1-6(5-16)2-8(3-7)11(13,14)15/h1-3,5,9-10,17-18H,4H2. The summed E-state index contributed by atoms with van der Waals surface area (Å²) in [6, 6.07) is 2.51. The van der Waals surface area contributed by atoms with E-state index in [1.165, 1.54) is 0 Å². The quantitative estimate of drug-likeness (QED) is 0.659. The molecular weight excluding hydrogens is 317 g/mol. The van der Waals surface area contributed by atoms with Crippen LogP contribution in [0.4, 0.5) is 13.2 Å². The topological polar surface area (TPSA) is 57.5 Å². The average Bonchev–Trinajstić information content (AvgIpc) is 2.35. The Morgan fingerprint density at radius 1 is 1.28 bits per heavy atom. The van der Waals surface area contributed by atoms with Crippen molar-refractivity contribution in [2.75, 3.05) is 5.33 Å². The minimum atomic E-state index is -4.62. The summed E-state index contributed by atoms with van der Waals surface area (Å²) in [7, 11) is 0. The maximum absolute atomic E-state index is 12.6. The highest BCUT2D eigenvalue weighted by atomic mass is 79.9. The molecule has 0 saturated heterocycles. The summed E-state index contributed by atoms with van der Waals surface area (Å²) < 4.78 is 37.7. The van der Waals surface area contributed by atoms with Gasteiger partial charge >= 0.3 is 6.18 Å². The smallest absolute Gasteiger partial charge is 0.389 e. The van der Waals surface area contributed by atoms with Crippen molar-refractivity contribution in [3.63, 3.8) is 0 Å². The lowest BCUT2D eigenvalue weighted by Gasteiger charge is -2.18. The van der Waals surface area contributed by atoms with E-state index in [1.807, 2.05) is 0 Å². The molecule has 0 aromatic heterocycles. The normalized spacial score (nSPS) is 15.2. The summed E-state index contributed by atoms with van der Waals surface area (Å²) in [4.78, 5) is 10.6. The second kappa shape index (κ2) is 5.81. The summed E-state index contributed by atoms with van der Waals surface area (Å²) in [5, 5.41) is 19.0. The first-order chi connectivity index (χ1) is 8.29. The van der Waals surface area contributed by atoms with Crippen molar-refractivity contribution in [1.82, 2.24) is 0 Å². The van der Waals surface area contributed by atoms with Crippen molar-refractivity contribution in [1.29, 1.82) is 0 Å². The first kappa shape index (κ1) is 15.1. The maximum Gasteiger partial charge on any atom is 0.416 e. The molecule has 0 radical (unpaired) electrons.